The van der Waals surface area contributed by atoms with Crippen LogP contribution in [0.4, 0.5) is 0 Å². The van der Waals surface area contributed by atoms with E-state index in [1.54, 1.807) is 27.1 Å². The second-order valence-corrected chi connectivity index (χ2v) is 8.98. The van der Waals surface area contributed by atoms with Crippen LogP contribution in [-0.4, -0.2) is 48.0 Å². The summed E-state index contributed by atoms with van der Waals surface area (Å²) in [4.78, 5) is 4.60. The van der Waals surface area contributed by atoms with E-state index in [9.17, 15) is 8.42 Å². The highest BCUT2D eigenvalue weighted by atomic mass is 32.2. The Kier molecular flexibility index (Phi) is 9.14. The van der Waals surface area contributed by atoms with E-state index in [4.69, 9.17) is 9.47 Å². The zero-order valence-electron chi connectivity index (χ0n) is 18.1. The smallest absolute Gasteiger partial charge is 0.191 e. The zero-order chi connectivity index (χ0) is 22.0. The third kappa shape index (κ3) is 7.68. The lowest BCUT2D eigenvalue weighted by Gasteiger charge is -2.14. The summed E-state index contributed by atoms with van der Waals surface area (Å²) in [6.07, 6.45) is 2.07. The highest BCUT2D eigenvalue weighted by molar-refractivity contribution is 7.90. The maximum atomic E-state index is 11.7. The summed E-state index contributed by atoms with van der Waals surface area (Å²) in [7, 11) is 0.180. The van der Waals surface area contributed by atoms with E-state index >= 15 is 0 Å². The molecule has 0 aliphatic heterocycles. The average molecular weight is 434 g/mol. The topological polar surface area (TPSA) is 89.0 Å². The first-order valence-corrected chi connectivity index (χ1v) is 11.7. The molecule has 0 spiro atoms. The van der Waals surface area contributed by atoms with Crippen LogP contribution in [0.25, 0.3) is 0 Å². The van der Waals surface area contributed by atoms with Crippen LogP contribution in [0.1, 0.15) is 23.1 Å². The van der Waals surface area contributed by atoms with E-state index in [-0.39, 0.29) is 0 Å². The van der Waals surface area contributed by atoms with Gasteiger partial charge in [0.25, 0.3) is 0 Å². The van der Waals surface area contributed by atoms with Crippen molar-refractivity contribution < 1.29 is 17.9 Å². The minimum atomic E-state index is -3.21. The number of aliphatic imine (C=N–C) groups is 1. The van der Waals surface area contributed by atoms with Crippen molar-refractivity contribution in [2.24, 2.45) is 4.99 Å². The number of nitrogens with zero attached hydrogens (tertiary/aromatic N) is 1. The molecule has 2 aromatic rings. The van der Waals surface area contributed by atoms with Crippen LogP contribution >= 0.6 is 0 Å². The van der Waals surface area contributed by atoms with Gasteiger partial charge < -0.3 is 20.1 Å². The molecule has 0 bridgehead atoms. The van der Waals surface area contributed by atoms with Crippen LogP contribution in [0.3, 0.4) is 0 Å². The summed E-state index contributed by atoms with van der Waals surface area (Å²) < 4.78 is 34.3. The van der Waals surface area contributed by atoms with Crippen LogP contribution in [0.2, 0.25) is 0 Å². The van der Waals surface area contributed by atoms with E-state index in [0.717, 1.165) is 28.9 Å². The second-order valence-electron chi connectivity index (χ2n) is 6.99. The van der Waals surface area contributed by atoms with Crippen LogP contribution in [0.15, 0.2) is 52.4 Å². The SMILES string of the molecule is CN=C(NCc1cccc(OCCCOC)c1)NCc1ccc(S(C)(=O)=O)c(C)c1. The number of guanidine groups is 1. The van der Waals surface area contributed by atoms with E-state index in [0.29, 0.717) is 37.2 Å². The summed E-state index contributed by atoms with van der Waals surface area (Å²) in [6, 6.07) is 13.3. The minimum absolute atomic E-state index is 0.359. The molecule has 0 unspecified atom stereocenters. The number of benzene rings is 2. The Balaban J connectivity index is 1.87. The highest BCUT2D eigenvalue weighted by Crippen LogP contribution is 2.16. The molecule has 0 atom stereocenters. The van der Waals surface area contributed by atoms with Crippen molar-refractivity contribution in [3.05, 3.63) is 59.2 Å². The number of sulfone groups is 1. The maximum absolute atomic E-state index is 11.7. The fraction of sp³-hybridized carbons (Fsp3) is 0.409. The summed E-state index contributed by atoms with van der Waals surface area (Å²) in [5, 5.41) is 6.53. The molecule has 0 aliphatic rings. The molecule has 0 saturated heterocycles. The van der Waals surface area contributed by atoms with Gasteiger partial charge in [0, 0.05) is 46.5 Å². The van der Waals surface area contributed by atoms with Crippen molar-refractivity contribution in [3.8, 4) is 5.75 Å². The predicted octanol–water partition coefficient (Wildman–Crippen LogP) is 2.68. The van der Waals surface area contributed by atoms with Crippen LogP contribution in [-0.2, 0) is 27.7 Å². The Bertz CT molecular complexity index is 959. The quantitative estimate of drug-likeness (QED) is 0.340. The molecule has 2 aromatic carbocycles. The van der Waals surface area contributed by atoms with Crippen molar-refractivity contribution in [2.45, 2.75) is 31.3 Å². The van der Waals surface area contributed by atoms with Gasteiger partial charge in [0.15, 0.2) is 15.8 Å². The Labute approximate surface area is 179 Å². The molecule has 2 rings (SSSR count). The molecule has 164 valence electrons. The fourth-order valence-electron chi connectivity index (χ4n) is 2.97. The van der Waals surface area contributed by atoms with E-state index in [1.165, 1.54) is 6.26 Å². The van der Waals surface area contributed by atoms with Gasteiger partial charge in [0.1, 0.15) is 5.75 Å². The molecule has 0 heterocycles. The summed E-state index contributed by atoms with van der Waals surface area (Å²) >= 11 is 0. The van der Waals surface area contributed by atoms with Gasteiger partial charge in [-0.25, -0.2) is 8.42 Å². The molecule has 0 fully saturated rings. The second kappa shape index (κ2) is 11.6. The van der Waals surface area contributed by atoms with Crippen LogP contribution in [0, 0.1) is 6.92 Å². The van der Waals surface area contributed by atoms with Crippen molar-refractivity contribution in [3.63, 3.8) is 0 Å². The van der Waals surface area contributed by atoms with Gasteiger partial charge in [-0.3, -0.25) is 4.99 Å². The van der Waals surface area contributed by atoms with Gasteiger partial charge in [-0.15, -0.1) is 0 Å². The number of rotatable bonds is 10. The van der Waals surface area contributed by atoms with Gasteiger partial charge in [-0.05, 0) is 41.8 Å². The molecule has 7 nitrogen and oxygen atoms in total. The monoisotopic (exact) mass is 433 g/mol. The zero-order valence-corrected chi connectivity index (χ0v) is 18.9. The van der Waals surface area contributed by atoms with Crippen molar-refractivity contribution in [1.82, 2.24) is 10.6 Å². The third-order valence-corrected chi connectivity index (χ3v) is 5.70. The number of aryl methyl sites for hydroxylation is 1. The first-order chi connectivity index (χ1) is 14.3. The standard InChI is InChI=1S/C22H31N3O4S/c1-17-13-19(9-10-21(17)30(4,26)27)16-25-22(23-2)24-15-18-7-5-8-20(14-18)29-12-6-11-28-3/h5,7-10,13-14H,6,11-12,15-16H2,1-4H3,(H2,23,24,25). The van der Waals surface area contributed by atoms with Gasteiger partial charge >= 0.3 is 0 Å². The lowest BCUT2D eigenvalue weighted by Crippen LogP contribution is -2.36. The van der Waals surface area contributed by atoms with Gasteiger partial charge in [-0.1, -0.05) is 24.3 Å². The summed E-state index contributed by atoms with van der Waals surface area (Å²) in [6.45, 7) is 4.23. The minimum Gasteiger partial charge on any atom is -0.493 e. The molecule has 0 saturated carbocycles. The molecular formula is C22H31N3O4S. The lowest BCUT2D eigenvalue weighted by atomic mass is 10.1. The average Bonchev–Trinajstić information content (AvgIpc) is 2.71. The molecule has 0 aliphatic carbocycles. The van der Waals surface area contributed by atoms with Gasteiger partial charge in [-0.2, -0.15) is 0 Å². The largest absolute Gasteiger partial charge is 0.493 e. The fourth-order valence-corrected chi connectivity index (χ4v) is 3.93. The number of methoxy groups -OCH3 is 1. The molecule has 0 aromatic heterocycles. The summed E-state index contributed by atoms with van der Waals surface area (Å²) in [5.74, 6) is 1.49. The number of hydrogen-bond acceptors (Lipinski definition) is 5. The lowest BCUT2D eigenvalue weighted by molar-refractivity contribution is 0.172. The first-order valence-electron chi connectivity index (χ1n) is 9.78. The van der Waals surface area contributed by atoms with Crippen LogP contribution in [0.5, 0.6) is 5.75 Å². The molecule has 2 N–H and O–H groups in total. The molecule has 30 heavy (non-hydrogen) atoms. The Morgan fingerprint density at radius 3 is 2.33 bits per heavy atom. The first kappa shape index (κ1) is 23.7. The Morgan fingerprint density at radius 1 is 1.03 bits per heavy atom. The van der Waals surface area contributed by atoms with E-state index in [1.807, 2.05) is 36.4 Å². The van der Waals surface area contributed by atoms with Gasteiger partial charge in [0.2, 0.25) is 0 Å². The number of hydrogen-bond donors (Lipinski definition) is 2. The van der Waals surface area contributed by atoms with E-state index < -0.39 is 9.84 Å². The van der Waals surface area contributed by atoms with E-state index in [2.05, 4.69) is 15.6 Å². The third-order valence-electron chi connectivity index (χ3n) is 4.44. The molecule has 8 heteroatoms. The Morgan fingerprint density at radius 2 is 1.73 bits per heavy atom. The molecular weight excluding hydrogens is 402 g/mol. The normalized spacial score (nSPS) is 11.9. The molecule has 0 amide bonds. The Hall–Kier alpha value is -2.58. The maximum Gasteiger partial charge on any atom is 0.191 e. The van der Waals surface area contributed by atoms with Gasteiger partial charge in [0.05, 0.1) is 11.5 Å². The number of ether oxygens (including phenoxy) is 2. The van der Waals surface area contributed by atoms with Crippen molar-refractivity contribution in [1.29, 1.82) is 0 Å². The predicted molar refractivity (Wildman–Crippen MR) is 120 cm³/mol. The van der Waals surface area contributed by atoms with Crippen molar-refractivity contribution >= 4 is 15.8 Å². The van der Waals surface area contributed by atoms with Crippen LogP contribution < -0.4 is 15.4 Å². The highest BCUT2D eigenvalue weighted by Gasteiger charge is 2.11. The summed E-state index contributed by atoms with van der Waals surface area (Å²) in [5.41, 5.74) is 2.80. The molecule has 0 radical (unpaired) electrons. The van der Waals surface area contributed by atoms with Crippen molar-refractivity contribution in [2.75, 3.05) is 33.6 Å². The number of nitrogens with one attached hydrogen (secondary N) is 2.